The van der Waals surface area contributed by atoms with Crippen molar-refractivity contribution >= 4 is 80.2 Å². The van der Waals surface area contributed by atoms with Gasteiger partial charge in [0.25, 0.3) is 5.56 Å². The minimum Gasteiger partial charge on any atom is -0.496 e. The second-order valence-electron chi connectivity index (χ2n) is 7.87. The summed E-state index contributed by atoms with van der Waals surface area (Å²) in [5.41, 5.74) is 1.81. The summed E-state index contributed by atoms with van der Waals surface area (Å²) < 4.78 is 20.2. The molecule has 0 unspecified atom stereocenters. The number of aromatic nitrogens is 1. The lowest BCUT2D eigenvalue weighted by atomic mass is 9.95. The van der Waals surface area contributed by atoms with Crippen molar-refractivity contribution in [2.24, 2.45) is 4.99 Å². The van der Waals surface area contributed by atoms with Crippen LogP contribution in [0.3, 0.4) is 0 Å². The molecule has 0 saturated heterocycles. The van der Waals surface area contributed by atoms with Crippen molar-refractivity contribution in [2.75, 3.05) is 20.8 Å². The van der Waals surface area contributed by atoms with Crippen molar-refractivity contribution in [3.8, 4) is 11.5 Å². The smallest absolute Gasteiger partial charge is 0.338 e. The van der Waals surface area contributed by atoms with Crippen molar-refractivity contribution in [1.29, 1.82) is 0 Å². The van der Waals surface area contributed by atoms with Gasteiger partial charge in [-0.1, -0.05) is 35.6 Å². The third-order valence-electron chi connectivity index (χ3n) is 5.58. The summed E-state index contributed by atoms with van der Waals surface area (Å²) in [5.74, 6) is 0.673. The van der Waals surface area contributed by atoms with Gasteiger partial charge >= 0.3 is 5.97 Å². The number of hydrogen-bond donors (Lipinski definition) is 0. The van der Waals surface area contributed by atoms with Crippen LogP contribution in [0.4, 0.5) is 0 Å². The molecule has 0 amide bonds. The van der Waals surface area contributed by atoms with Gasteiger partial charge in [-0.25, -0.2) is 9.79 Å². The van der Waals surface area contributed by atoms with Gasteiger partial charge in [-0.3, -0.25) is 9.36 Å². The Balaban J connectivity index is 1.95. The maximum atomic E-state index is 13.8. The van der Waals surface area contributed by atoms with Crippen molar-refractivity contribution in [2.45, 2.75) is 13.0 Å². The van der Waals surface area contributed by atoms with E-state index in [1.54, 1.807) is 31.2 Å². The van der Waals surface area contributed by atoms with Crippen molar-refractivity contribution in [1.82, 2.24) is 4.57 Å². The molecule has 0 N–H and O–H groups in total. The number of carbonyl (C=O) groups excluding carboxylic acids is 1. The Hall–Kier alpha value is -2.16. The molecule has 2 aromatic carbocycles. The molecule has 0 spiro atoms. The second-order valence-corrected chi connectivity index (χ2v) is 11.6. The van der Waals surface area contributed by atoms with Crippen LogP contribution >= 0.6 is 68.1 Å². The van der Waals surface area contributed by atoms with Gasteiger partial charge in [-0.05, 0) is 94.1 Å². The summed E-state index contributed by atoms with van der Waals surface area (Å²) in [6.07, 6.45) is 3.51. The molecule has 1 aliphatic rings. The van der Waals surface area contributed by atoms with E-state index in [4.69, 9.17) is 25.8 Å². The molecule has 0 saturated carbocycles. The molecule has 1 aliphatic heterocycles. The molecular formula is C26H21ClI2N2O5S. The first-order valence-electron chi connectivity index (χ1n) is 10.9. The van der Waals surface area contributed by atoms with E-state index in [0.29, 0.717) is 38.0 Å². The lowest BCUT2D eigenvalue weighted by Gasteiger charge is -2.25. The fourth-order valence-corrected chi connectivity index (χ4v) is 7.35. The minimum atomic E-state index is -0.825. The van der Waals surface area contributed by atoms with E-state index in [2.05, 4.69) is 56.8 Å². The first-order chi connectivity index (χ1) is 17.7. The molecule has 1 atom stereocenters. The molecule has 3 aromatic rings. The zero-order chi connectivity index (χ0) is 26.9. The van der Waals surface area contributed by atoms with Crippen LogP contribution in [0.5, 0.6) is 11.5 Å². The normalized spacial score (nSPS) is 15.2. The quantitative estimate of drug-likeness (QED) is 0.196. The summed E-state index contributed by atoms with van der Waals surface area (Å²) in [7, 11) is 2.82. The Morgan fingerprint density at radius 2 is 1.95 bits per heavy atom. The molecule has 4 rings (SSSR count). The third-order valence-corrected chi connectivity index (χ3v) is 8.40. The maximum absolute atomic E-state index is 13.8. The highest BCUT2D eigenvalue weighted by atomic mass is 127. The summed E-state index contributed by atoms with van der Waals surface area (Å²) in [4.78, 5) is 31.8. The van der Waals surface area contributed by atoms with Crippen LogP contribution in [0, 0.1) is 7.14 Å². The van der Waals surface area contributed by atoms with E-state index in [-0.39, 0.29) is 11.1 Å². The molecule has 192 valence electrons. The minimum absolute atomic E-state index is 0.245. The largest absolute Gasteiger partial charge is 0.496 e. The molecule has 11 heteroatoms. The Morgan fingerprint density at radius 1 is 1.24 bits per heavy atom. The number of ether oxygens (including phenoxy) is 3. The van der Waals surface area contributed by atoms with Gasteiger partial charge in [-0.2, -0.15) is 0 Å². The number of thiazole rings is 1. The van der Waals surface area contributed by atoms with Gasteiger partial charge in [0.15, 0.2) is 4.80 Å². The molecule has 0 fully saturated rings. The Morgan fingerprint density at radius 3 is 2.57 bits per heavy atom. The molecular weight excluding hydrogens is 742 g/mol. The molecule has 0 bridgehead atoms. The summed E-state index contributed by atoms with van der Waals surface area (Å²) in [6.45, 7) is 5.82. The zero-order valence-corrected chi connectivity index (χ0v) is 25.9. The highest BCUT2D eigenvalue weighted by Gasteiger charge is 2.35. The van der Waals surface area contributed by atoms with Gasteiger partial charge in [0.1, 0.15) is 24.1 Å². The third kappa shape index (κ3) is 5.52. The van der Waals surface area contributed by atoms with Crippen molar-refractivity contribution in [3.05, 3.63) is 97.2 Å². The average molecular weight is 763 g/mol. The maximum Gasteiger partial charge on any atom is 0.338 e. The van der Waals surface area contributed by atoms with Crippen LogP contribution in [-0.4, -0.2) is 31.4 Å². The Kier molecular flexibility index (Phi) is 8.81. The second kappa shape index (κ2) is 11.7. The average Bonchev–Trinajstić information content (AvgIpc) is 3.16. The number of nitrogens with zero attached hydrogens (tertiary/aromatic N) is 2. The molecule has 0 aliphatic carbocycles. The number of carbonyl (C=O) groups is 1. The van der Waals surface area contributed by atoms with Gasteiger partial charge in [0, 0.05) is 10.6 Å². The van der Waals surface area contributed by atoms with Crippen LogP contribution in [-0.2, 0) is 9.53 Å². The number of halogens is 3. The van der Waals surface area contributed by atoms with Gasteiger partial charge in [-0.15, -0.1) is 0 Å². The first-order valence-corrected chi connectivity index (χ1v) is 14.2. The number of esters is 1. The monoisotopic (exact) mass is 762 g/mol. The summed E-state index contributed by atoms with van der Waals surface area (Å²) in [6, 6.07) is 8.15. The molecule has 1 aromatic heterocycles. The van der Waals surface area contributed by atoms with E-state index in [9.17, 15) is 9.59 Å². The van der Waals surface area contributed by atoms with Crippen LogP contribution in [0.1, 0.15) is 24.1 Å². The summed E-state index contributed by atoms with van der Waals surface area (Å²) in [5, 5.41) is 0.444. The van der Waals surface area contributed by atoms with Crippen LogP contribution in [0.25, 0.3) is 6.08 Å². The lowest BCUT2D eigenvalue weighted by molar-refractivity contribution is -0.136. The first kappa shape index (κ1) is 27.9. The van der Waals surface area contributed by atoms with Crippen LogP contribution in [0.15, 0.2) is 64.0 Å². The summed E-state index contributed by atoms with van der Waals surface area (Å²) >= 11 is 12.0. The lowest BCUT2D eigenvalue weighted by Crippen LogP contribution is -2.40. The van der Waals surface area contributed by atoms with E-state index in [1.165, 1.54) is 30.1 Å². The van der Waals surface area contributed by atoms with E-state index >= 15 is 0 Å². The van der Waals surface area contributed by atoms with Gasteiger partial charge in [0.05, 0.1) is 37.2 Å². The fourth-order valence-electron chi connectivity index (χ4n) is 4.00. The number of methoxy groups -OCH3 is 2. The molecule has 37 heavy (non-hydrogen) atoms. The Labute approximate surface area is 249 Å². The van der Waals surface area contributed by atoms with Crippen LogP contribution < -0.4 is 24.4 Å². The van der Waals surface area contributed by atoms with Gasteiger partial charge in [0.2, 0.25) is 0 Å². The topological polar surface area (TPSA) is 79.1 Å². The number of allylic oxidation sites excluding steroid dienone is 1. The van der Waals surface area contributed by atoms with Crippen molar-refractivity contribution in [3.63, 3.8) is 0 Å². The predicted octanol–water partition coefficient (Wildman–Crippen LogP) is 4.84. The van der Waals surface area contributed by atoms with E-state index < -0.39 is 12.0 Å². The highest BCUT2D eigenvalue weighted by molar-refractivity contribution is 14.1. The zero-order valence-electron chi connectivity index (χ0n) is 20.0. The number of rotatable bonds is 7. The van der Waals surface area contributed by atoms with Gasteiger partial charge < -0.3 is 14.2 Å². The highest BCUT2D eigenvalue weighted by Crippen LogP contribution is 2.37. The SMILES string of the molecule is C=CCOc1c(I)cc(/C=c2\sc3n(c2=O)[C@@H](c2cc(Cl)ccc2OC)C(C(=O)OC)=C(C)N=3)cc1I. The molecule has 0 radical (unpaired) electrons. The Bertz CT molecular complexity index is 1600. The van der Waals surface area contributed by atoms with E-state index in [0.717, 1.165) is 18.5 Å². The predicted molar refractivity (Wildman–Crippen MR) is 161 cm³/mol. The standard InChI is InChI=1S/C26H21ClI2N2O5S/c1-5-8-36-23-17(28)9-14(10-18(23)29)11-20-24(32)31-22(16-12-15(27)6-7-19(16)34-3)21(25(33)35-4)13(2)30-26(31)37-20/h5-7,9-12,22H,1,8H2,2-4H3/b20-11-/t22-/m0/s1. The fraction of sp³-hybridized carbons (Fsp3) is 0.192. The number of benzene rings is 2. The van der Waals surface area contributed by atoms with E-state index in [1.807, 2.05) is 18.2 Å². The van der Waals surface area contributed by atoms with Crippen LogP contribution in [0.2, 0.25) is 5.02 Å². The van der Waals surface area contributed by atoms with Crippen molar-refractivity contribution < 1.29 is 19.0 Å². The molecule has 7 nitrogen and oxygen atoms in total. The number of fused-ring (bicyclic) bond motifs is 1. The molecule has 2 heterocycles. The number of hydrogen-bond acceptors (Lipinski definition) is 7.